The topological polar surface area (TPSA) is 63.5 Å². The number of carbonyl (C=O) groups excluding carboxylic acids is 1. The predicted octanol–water partition coefficient (Wildman–Crippen LogP) is 1.79. The van der Waals surface area contributed by atoms with E-state index >= 15 is 0 Å². The average Bonchev–Trinajstić information content (AvgIpc) is 3.09. The molecule has 0 amide bonds. The van der Waals surface area contributed by atoms with Crippen LogP contribution in [-0.2, 0) is 4.79 Å². The van der Waals surface area contributed by atoms with Crippen LogP contribution in [0.25, 0.3) is 0 Å². The molecule has 2 fully saturated rings. The first-order valence-electron chi connectivity index (χ1n) is 8.77. The Kier molecular flexibility index (Phi) is 7.18. The van der Waals surface area contributed by atoms with Crippen molar-refractivity contribution in [2.75, 3.05) is 50.7 Å². The normalized spacial score (nSPS) is 18.1. The molecule has 0 atom stereocenters. The summed E-state index contributed by atoms with van der Waals surface area (Å²) >= 11 is 0. The maximum absolute atomic E-state index is 8.81. The molecule has 2 saturated heterocycles. The van der Waals surface area contributed by atoms with Crippen molar-refractivity contribution < 1.29 is 4.79 Å². The first kappa shape index (κ1) is 18.4. The van der Waals surface area contributed by atoms with Gasteiger partial charge in [0.1, 0.15) is 17.9 Å². The maximum Gasteiger partial charge on any atom is 0.128 e. The number of piperazine rings is 1. The number of nitrogens with one attached hydrogen (secondary N) is 1. The van der Waals surface area contributed by atoms with Crippen LogP contribution in [-0.4, -0.2) is 72.7 Å². The molecule has 0 radical (unpaired) electrons. The number of aromatic nitrogens is 1. The van der Waals surface area contributed by atoms with Crippen LogP contribution < -0.4 is 4.90 Å². The molecule has 1 aromatic rings. The van der Waals surface area contributed by atoms with Gasteiger partial charge in [-0.3, -0.25) is 10.3 Å². The van der Waals surface area contributed by atoms with E-state index in [-0.39, 0.29) is 0 Å². The Morgan fingerprint density at radius 1 is 1.17 bits per heavy atom. The summed E-state index contributed by atoms with van der Waals surface area (Å²) in [4.78, 5) is 20.4. The molecule has 1 aromatic heterocycles. The van der Waals surface area contributed by atoms with Gasteiger partial charge in [0.25, 0.3) is 0 Å². The monoisotopic (exact) mass is 331 g/mol. The minimum absolute atomic E-state index is 0.750. The largest absolute Gasteiger partial charge is 0.356 e. The number of aldehydes is 1. The van der Waals surface area contributed by atoms with Crippen molar-refractivity contribution in [2.24, 2.45) is 0 Å². The maximum atomic E-state index is 8.81. The highest BCUT2D eigenvalue weighted by Crippen LogP contribution is 2.15. The zero-order valence-corrected chi connectivity index (χ0v) is 14.9. The van der Waals surface area contributed by atoms with Gasteiger partial charge in [-0.25, -0.2) is 4.98 Å². The molecule has 3 heterocycles. The van der Waals surface area contributed by atoms with Gasteiger partial charge >= 0.3 is 0 Å². The number of amidine groups is 1. The number of carbonyl (C=O) groups is 1. The highest BCUT2D eigenvalue weighted by atomic mass is 16.1. The number of anilines is 1. The molecule has 1 N–H and O–H groups in total. The lowest BCUT2D eigenvalue weighted by atomic mass is 10.2. The number of rotatable bonds is 3. The fraction of sp³-hybridized carbons (Fsp3) is 0.611. The molecular weight excluding hydrogens is 302 g/mol. The van der Waals surface area contributed by atoms with Crippen molar-refractivity contribution >= 4 is 17.9 Å². The molecular formula is C18H29N5O. The van der Waals surface area contributed by atoms with Crippen LogP contribution in [0.2, 0.25) is 0 Å². The Bertz CT molecular complexity index is 534. The second-order valence-electron chi connectivity index (χ2n) is 6.28. The Hall–Kier alpha value is -1.95. The summed E-state index contributed by atoms with van der Waals surface area (Å²) in [7, 11) is 0. The summed E-state index contributed by atoms with van der Waals surface area (Å²) < 4.78 is 0. The van der Waals surface area contributed by atoms with E-state index in [4.69, 9.17) is 10.2 Å². The summed E-state index contributed by atoms with van der Waals surface area (Å²) in [6.07, 6.45) is 3.33. The van der Waals surface area contributed by atoms with E-state index in [1.54, 1.807) is 0 Å². The lowest BCUT2D eigenvalue weighted by Crippen LogP contribution is -2.51. The highest BCUT2D eigenvalue weighted by Gasteiger charge is 2.22. The summed E-state index contributed by atoms with van der Waals surface area (Å²) in [5.74, 6) is 1.86. The van der Waals surface area contributed by atoms with Crippen molar-refractivity contribution in [1.29, 1.82) is 5.41 Å². The summed E-state index contributed by atoms with van der Waals surface area (Å²) in [6.45, 7) is 10.4. The lowest BCUT2D eigenvalue weighted by molar-refractivity contribution is -0.106. The van der Waals surface area contributed by atoms with E-state index in [0.29, 0.717) is 0 Å². The lowest BCUT2D eigenvalue weighted by Gasteiger charge is -2.37. The molecule has 3 rings (SSSR count). The molecule has 2 aliphatic rings. The van der Waals surface area contributed by atoms with E-state index in [0.717, 1.165) is 69.4 Å². The van der Waals surface area contributed by atoms with Gasteiger partial charge in [0.2, 0.25) is 0 Å². The van der Waals surface area contributed by atoms with Crippen LogP contribution in [0, 0.1) is 12.3 Å². The smallest absolute Gasteiger partial charge is 0.128 e. The van der Waals surface area contributed by atoms with Gasteiger partial charge in [-0.2, -0.15) is 0 Å². The molecule has 0 spiro atoms. The van der Waals surface area contributed by atoms with Crippen LogP contribution in [0.15, 0.2) is 18.2 Å². The minimum Gasteiger partial charge on any atom is -0.356 e. The van der Waals surface area contributed by atoms with E-state index in [1.165, 1.54) is 19.8 Å². The van der Waals surface area contributed by atoms with Crippen LogP contribution in [0.1, 0.15) is 25.5 Å². The molecule has 24 heavy (non-hydrogen) atoms. The number of likely N-dealkylation sites (tertiary alicyclic amines) is 1. The Balaban J connectivity index is 0.000000647. The van der Waals surface area contributed by atoms with Gasteiger partial charge in [0.05, 0.1) is 6.54 Å². The second-order valence-corrected chi connectivity index (χ2v) is 6.28. The molecule has 2 aliphatic heterocycles. The molecule has 132 valence electrons. The first-order valence-corrected chi connectivity index (χ1v) is 8.77. The van der Waals surface area contributed by atoms with Gasteiger partial charge in [-0.1, -0.05) is 6.07 Å². The third-order valence-electron chi connectivity index (χ3n) is 4.43. The van der Waals surface area contributed by atoms with Crippen LogP contribution in [0.4, 0.5) is 5.82 Å². The van der Waals surface area contributed by atoms with Crippen molar-refractivity contribution in [1.82, 2.24) is 14.8 Å². The van der Waals surface area contributed by atoms with E-state index in [1.807, 2.05) is 13.0 Å². The van der Waals surface area contributed by atoms with Crippen molar-refractivity contribution in [3.05, 3.63) is 23.9 Å². The summed E-state index contributed by atoms with van der Waals surface area (Å²) in [5.41, 5.74) is 1.07. The van der Waals surface area contributed by atoms with Gasteiger partial charge < -0.3 is 14.6 Å². The number of hydrogen-bond donors (Lipinski definition) is 1. The Labute approximate surface area is 145 Å². The number of pyridine rings is 1. The van der Waals surface area contributed by atoms with E-state index in [2.05, 4.69) is 31.8 Å². The number of hydrogen-bond acceptors (Lipinski definition) is 5. The molecule has 0 bridgehead atoms. The molecule has 6 heteroatoms. The van der Waals surface area contributed by atoms with E-state index in [9.17, 15) is 0 Å². The molecule has 0 saturated carbocycles. The minimum atomic E-state index is 0.750. The molecule has 0 unspecified atom stereocenters. The van der Waals surface area contributed by atoms with Gasteiger partial charge in [0.15, 0.2) is 0 Å². The molecule has 6 nitrogen and oxygen atoms in total. The number of nitrogens with zero attached hydrogens (tertiary/aromatic N) is 4. The van der Waals surface area contributed by atoms with Crippen molar-refractivity contribution in [2.45, 2.75) is 26.7 Å². The van der Waals surface area contributed by atoms with Crippen LogP contribution >= 0.6 is 0 Å². The summed E-state index contributed by atoms with van der Waals surface area (Å²) in [5, 5.41) is 8.30. The Morgan fingerprint density at radius 3 is 2.38 bits per heavy atom. The van der Waals surface area contributed by atoms with Crippen LogP contribution in [0.3, 0.4) is 0 Å². The van der Waals surface area contributed by atoms with Gasteiger partial charge in [-0.15, -0.1) is 0 Å². The van der Waals surface area contributed by atoms with Crippen molar-refractivity contribution in [3.63, 3.8) is 0 Å². The SMILES string of the molecule is CC=O.Cc1cccc(N2CCN(C(=N)CN3CCCC3)CC2)n1. The average molecular weight is 331 g/mol. The Morgan fingerprint density at radius 2 is 1.79 bits per heavy atom. The van der Waals surface area contributed by atoms with Crippen molar-refractivity contribution in [3.8, 4) is 0 Å². The second kappa shape index (κ2) is 9.37. The zero-order chi connectivity index (χ0) is 17.4. The van der Waals surface area contributed by atoms with Gasteiger partial charge in [0, 0.05) is 31.9 Å². The predicted molar refractivity (Wildman–Crippen MR) is 97.9 cm³/mol. The third kappa shape index (κ3) is 5.30. The zero-order valence-electron chi connectivity index (χ0n) is 14.9. The molecule has 0 aromatic carbocycles. The van der Waals surface area contributed by atoms with Gasteiger partial charge in [-0.05, 0) is 51.9 Å². The quantitative estimate of drug-likeness (QED) is 0.520. The highest BCUT2D eigenvalue weighted by molar-refractivity contribution is 5.81. The van der Waals surface area contributed by atoms with E-state index < -0.39 is 0 Å². The summed E-state index contributed by atoms with van der Waals surface area (Å²) in [6, 6.07) is 6.18. The third-order valence-corrected chi connectivity index (χ3v) is 4.43. The first-order chi connectivity index (χ1) is 11.6. The van der Waals surface area contributed by atoms with Crippen LogP contribution in [0.5, 0.6) is 0 Å². The standard InChI is InChI=1S/C16H25N5.C2H4O/c1-14-5-4-6-16(18-14)21-11-9-20(10-12-21)15(17)13-19-7-2-3-8-19;1-2-3/h4-6,17H,2-3,7-13H2,1H3;2H,1H3. The number of aryl methyl sites for hydroxylation is 1. The molecule has 0 aliphatic carbocycles. The fourth-order valence-electron chi connectivity index (χ4n) is 3.16. The fourth-order valence-corrected chi connectivity index (χ4v) is 3.16.